The normalized spacial score (nSPS) is 38.7. The highest BCUT2D eigenvalue weighted by Gasteiger charge is 2.71. The van der Waals surface area contributed by atoms with Gasteiger partial charge in [0.15, 0.2) is 17.3 Å². The number of carbonyl (C=O) groups excluding carboxylic acids is 2. The maximum atomic E-state index is 13.0. The maximum absolute atomic E-state index is 13.0. The van der Waals surface area contributed by atoms with Crippen LogP contribution in [0.15, 0.2) is 24.3 Å². The van der Waals surface area contributed by atoms with E-state index in [1.165, 1.54) is 0 Å². The highest BCUT2D eigenvalue weighted by molar-refractivity contribution is 5.97. The molecule has 3 aliphatic carbocycles. The maximum Gasteiger partial charge on any atom is 0.339 e. The van der Waals surface area contributed by atoms with Gasteiger partial charge < -0.3 is 24.8 Å². The Labute approximate surface area is 184 Å². The van der Waals surface area contributed by atoms with E-state index in [0.29, 0.717) is 5.92 Å². The minimum Gasteiger partial charge on any atom is -0.504 e. The first-order valence-electron chi connectivity index (χ1n) is 10.9. The summed E-state index contributed by atoms with van der Waals surface area (Å²) in [6.45, 7) is 4.04. The van der Waals surface area contributed by atoms with Crippen molar-refractivity contribution in [2.75, 3.05) is 0 Å². The summed E-state index contributed by atoms with van der Waals surface area (Å²) in [5.41, 5.74) is -1.53. The molecule has 5 unspecified atom stereocenters. The summed E-state index contributed by atoms with van der Waals surface area (Å²) in [5, 5.41) is 29.1. The highest BCUT2D eigenvalue weighted by Crippen LogP contribution is 2.71. The number of phenolic OH excluding ortho intramolecular Hbond substituents is 1. The van der Waals surface area contributed by atoms with E-state index in [2.05, 4.69) is 13.0 Å². The molecule has 1 spiro atoms. The summed E-state index contributed by atoms with van der Waals surface area (Å²) in [6.07, 6.45) is 6.58. The van der Waals surface area contributed by atoms with Crippen molar-refractivity contribution < 1.29 is 39.2 Å². The molecule has 8 nitrogen and oxygen atoms in total. The highest BCUT2D eigenvalue weighted by atomic mass is 16.5. The molecule has 6 rings (SSSR count). The van der Waals surface area contributed by atoms with E-state index in [-0.39, 0.29) is 41.7 Å². The number of ketones is 1. The number of rotatable bonds is 5. The molecule has 32 heavy (non-hydrogen) atoms. The van der Waals surface area contributed by atoms with Crippen molar-refractivity contribution in [1.29, 1.82) is 0 Å². The van der Waals surface area contributed by atoms with Gasteiger partial charge in [0.25, 0.3) is 0 Å². The van der Waals surface area contributed by atoms with Crippen molar-refractivity contribution in [2.45, 2.75) is 57.7 Å². The third-order valence-electron chi connectivity index (χ3n) is 8.32. The molecule has 6 atom stereocenters. The van der Waals surface area contributed by atoms with E-state index in [0.717, 1.165) is 31.4 Å². The van der Waals surface area contributed by atoms with Crippen LogP contribution in [0.1, 0.15) is 56.3 Å². The molecule has 2 aliphatic heterocycles. The van der Waals surface area contributed by atoms with Gasteiger partial charge in [-0.1, -0.05) is 13.0 Å². The van der Waals surface area contributed by atoms with Gasteiger partial charge in [-0.15, -0.1) is 0 Å². The number of aromatic hydroxyl groups is 2. The van der Waals surface area contributed by atoms with Crippen LogP contribution in [0, 0.1) is 22.7 Å². The lowest BCUT2D eigenvalue weighted by molar-refractivity contribution is -0.170. The number of carboxylic acid groups (broad SMARTS) is 1. The van der Waals surface area contributed by atoms with Crippen LogP contribution in [0.3, 0.4) is 0 Å². The molecule has 1 aromatic rings. The van der Waals surface area contributed by atoms with Gasteiger partial charge in [-0.05, 0) is 62.1 Å². The zero-order chi connectivity index (χ0) is 23.1. The van der Waals surface area contributed by atoms with Gasteiger partial charge >= 0.3 is 11.9 Å². The molecule has 0 amide bonds. The zero-order valence-electron chi connectivity index (χ0n) is 18.0. The molecule has 0 radical (unpaired) electrons. The van der Waals surface area contributed by atoms with E-state index >= 15 is 0 Å². The average Bonchev–Trinajstić information content (AvgIpc) is 3.08. The molecule has 2 heterocycles. The first kappa shape index (κ1) is 21.0. The van der Waals surface area contributed by atoms with Gasteiger partial charge in [0, 0.05) is 17.8 Å². The Kier molecular flexibility index (Phi) is 4.31. The van der Waals surface area contributed by atoms with E-state index in [4.69, 9.17) is 14.6 Å². The fourth-order valence-corrected chi connectivity index (χ4v) is 7.00. The largest absolute Gasteiger partial charge is 0.504 e. The van der Waals surface area contributed by atoms with Crippen LogP contribution in [0.2, 0.25) is 0 Å². The van der Waals surface area contributed by atoms with E-state index in [9.17, 15) is 24.6 Å². The summed E-state index contributed by atoms with van der Waals surface area (Å²) >= 11 is 0. The lowest BCUT2D eigenvalue weighted by Crippen LogP contribution is -2.56. The van der Waals surface area contributed by atoms with Crippen LogP contribution in [0.4, 0.5) is 0 Å². The van der Waals surface area contributed by atoms with Crippen LogP contribution in [0.25, 0.3) is 0 Å². The molecule has 1 aromatic carbocycles. The predicted octanol–water partition coefficient (Wildman–Crippen LogP) is 3.20. The lowest BCUT2D eigenvalue weighted by Gasteiger charge is -2.55. The predicted molar refractivity (Wildman–Crippen MR) is 110 cm³/mol. The fraction of sp³-hybridized carbons (Fsp3) is 0.542. The van der Waals surface area contributed by atoms with Gasteiger partial charge in [0.2, 0.25) is 5.75 Å². The van der Waals surface area contributed by atoms with Crippen LogP contribution in [-0.4, -0.2) is 44.7 Å². The van der Waals surface area contributed by atoms with Gasteiger partial charge in [-0.25, -0.2) is 4.79 Å². The number of carbonyl (C=O) groups is 3. The topological polar surface area (TPSA) is 130 Å². The van der Waals surface area contributed by atoms with Gasteiger partial charge in [0.1, 0.15) is 5.56 Å². The van der Waals surface area contributed by atoms with Crippen molar-refractivity contribution >= 4 is 17.7 Å². The second kappa shape index (κ2) is 6.57. The minimum absolute atomic E-state index is 0.0238. The van der Waals surface area contributed by atoms with Crippen LogP contribution in [-0.2, 0) is 14.3 Å². The second-order valence-corrected chi connectivity index (χ2v) is 10.2. The minimum atomic E-state index is -1.42. The number of hydrogen-bond acceptors (Lipinski definition) is 7. The number of ether oxygens (including phenoxy) is 2. The molecule has 5 aliphatic rings. The summed E-state index contributed by atoms with van der Waals surface area (Å²) in [7, 11) is 0. The molecule has 4 fully saturated rings. The summed E-state index contributed by atoms with van der Waals surface area (Å²) in [4.78, 5) is 36.8. The quantitative estimate of drug-likeness (QED) is 0.468. The van der Waals surface area contributed by atoms with E-state index < -0.39 is 40.2 Å². The smallest absolute Gasteiger partial charge is 0.339 e. The van der Waals surface area contributed by atoms with Gasteiger partial charge in [0.05, 0.1) is 11.7 Å². The number of phenols is 2. The van der Waals surface area contributed by atoms with Crippen molar-refractivity contribution in [1.82, 2.24) is 0 Å². The Hall–Kier alpha value is -2.87. The van der Waals surface area contributed by atoms with Crippen molar-refractivity contribution in [2.24, 2.45) is 22.7 Å². The third kappa shape index (κ3) is 2.75. The average molecular weight is 442 g/mol. The summed E-state index contributed by atoms with van der Waals surface area (Å²) < 4.78 is 11.5. The van der Waals surface area contributed by atoms with Crippen molar-refractivity contribution in [3.05, 3.63) is 29.8 Å². The zero-order valence-corrected chi connectivity index (χ0v) is 18.0. The number of carboxylic acids is 1. The third-order valence-corrected chi connectivity index (χ3v) is 8.32. The van der Waals surface area contributed by atoms with E-state index in [1.807, 2.05) is 6.92 Å². The number of allylic oxidation sites excluding steroid dienone is 2. The van der Waals surface area contributed by atoms with E-state index in [1.54, 1.807) is 6.08 Å². The second-order valence-electron chi connectivity index (χ2n) is 10.2. The van der Waals surface area contributed by atoms with Crippen molar-refractivity contribution in [3.8, 4) is 17.2 Å². The number of esters is 1. The number of aromatic carboxylic acids is 1. The molecule has 4 bridgehead atoms. The fourth-order valence-electron chi connectivity index (χ4n) is 7.00. The molecule has 170 valence electrons. The lowest BCUT2D eigenvalue weighted by atomic mass is 9.51. The first-order chi connectivity index (χ1) is 15.0. The Bertz CT molecular complexity index is 1080. The van der Waals surface area contributed by atoms with Crippen LogP contribution >= 0.6 is 0 Å². The molecular formula is C24H26O8. The monoisotopic (exact) mass is 442 g/mol. The SMILES string of the molecule is CC12C[C@@]34C=CC(=O)C(C)(CCC(=O)Oc5c(O)ccc(C(=O)O)c5O)C3C(CC1C4)O2. The molecule has 2 saturated carbocycles. The Morgan fingerprint density at radius 2 is 2.00 bits per heavy atom. The Morgan fingerprint density at radius 1 is 1.25 bits per heavy atom. The standard InChI is InChI=1S/C24H26O8/c1-22(7-6-17(27)31-19-14(25)4-3-13(18(19)28)21(29)30)16(26)5-8-24-10-12-9-15(20(22)24)32-23(12,2)11-24/h3-5,8,12,15,20,25,28H,6-7,9-11H2,1-2H3,(H,29,30)/t12?,15?,20?,22?,23?,24-/m0/s1. The van der Waals surface area contributed by atoms with Crippen LogP contribution in [0.5, 0.6) is 17.2 Å². The molecule has 8 heteroatoms. The first-order valence-corrected chi connectivity index (χ1v) is 10.9. The molecule has 3 N–H and O–H groups in total. The summed E-state index contributed by atoms with van der Waals surface area (Å²) in [5.74, 6) is -3.73. The Morgan fingerprint density at radius 3 is 2.69 bits per heavy atom. The van der Waals surface area contributed by atoms with Gasteiger partial charge in [-0.2, -0.15) is 0 Å². The summed E-state index contributed by atoms with van der Waals surface area (Å²) in [6, 6.07) is 2.05. The molecular weight excluding hydrogens is 416 g/mol. The number of hydrogen-bond donors (Lipinski definition) is 3. The van der Waals surface area contributed by atoms with Crippen molar-refractivity contribution in [3.63, 3.8) is 0 Å². The van der Waals surface area contributed by atoms with Gasteiger partial charge in [-0.3, -0.25) is 9.59 Å². The Balaban J connectivity index is 1.36. The van der Waals surface area contributed by atoms with Crippen LogP contribution < -0.4 is 4.74 Å². The number of benzene rings is 1. The molecule has 0 aromatic heterocycles. The molecule has 2 saturated heterocycles.